The van der Waals surface area contributed by atoms with Crippen molar-refractivity contribution in [3.05, 3.63) is 241 Å². The molecule has 0 radical (unpaired) electrons. The zero-order chi connectivity index (χ0) is 49.7. The molecule has 2 unspecified atom stereocenters. The lowest BCUT2D eigenvalue weighted by molar-refractivity contribution is 0.514. The topological polar surface area (TPSA) is 56.7 Å². The minimum atomic E-state index is -0.134. The van der Waals surface area contributed by atoms with Crippen LogP contribution in [0.1, 0.15) is 55.8 Å². The minimum Gasteiger partial charge on any atom is -0.456 e. The Hall–Kier alpha value is -9.19. The van der Waals surface area contributed by atoms with Gasteiger partial charge >= 0.3 is 0 Å². The number of furan rings is 3. The Labute approximate surface area is 433 Å². The average Bonchev–Trinajstić information content (AvgIpc) is 4.23. The van der Waals surface area contributed by atoms with Gasteiger partial charge in [-0.05, 0) is 155 Å². The molecule has 15 rings (SSSR count). The smallest absolute Gasteiger partial charge is 0.136 e. The van der Waals surface area contributed by atoms with Crippen molar-refractivity contribution in [1.82, 2.24) is 4.57 Å². The molecule has 0 amide bonds. The Bertz CT molecular complexity index is 4660. The summed E-state index contributed by atoms with van der Waals surface area (Å²) >= 11 is 0. The van der Waals surface area contributed by atoms with E-state index in [1.165, 1.54) is 44.1 Å². The van der Waals surface area contributed by atoms with E-state index in [9.17, 15) is 0 Å². The zero-order valence-electron chi connectivity index (χ0n) is 41.7. The summed E-state index contributed by atoms with van der Waals surface area (Å²) < 4.78 is 22.3. The van der Waals surface area contributed by atoms with Crippen molar-refractivity contribution >= 4 is 98.9 Å². The molecule has 1 aliphatic rings. The summed E-state index contributed by atoms with van der Waals surface area (Å²) in [6.45, 7) is 4.63. The van der Waals surface area contributed by atoms with Crippen molar-refractivity contribution in [2.45, 2.75) is 39.2 Å². The summed E-state index contributed by atoms with van der Waals surface area (Å²) in [5.74, 6) is 0.246. The summed E-state index contributed by atoms with van der Waals surface area (Å²) in [7, 11) is 0. The fourth-order valence-corrected chi connectivity index (χ4v) is 12.7. The predicted molar refractivity (Wildman–Crippen MR) is 311 cm³/mol. The van der Waals surface area contributed by atoms with Gasteiger partial charge in [0.05, 0.1) is 17.1 Å². The van der Waals surface area contributed by atoms with Crippen LogP contribution in [0.5, 0.6) is 0 Å². The molecule has 2 atom stereocenters. The molecular weight excluding hydrogens is 917 g/mol. The first-order chi connectivity index (χ1) is 37.0. The second kappa shape index (κ2) is 17.2. The van der Waals surface area contributed by atoms with Crippen LogP contribution in [-0.2, 0) is 0 Å². The van der Waals surface area contributed by atoms with E-state index in [-0.39, 0.29) is 12.0 Å². The molecule has 0 spiro atoms. The third-order valence-electron chi connectivity index (χ3n) is 16.1. The molecular formula is C70H50N2O3. The van der Waals surface area contributed by atoms with Crippen LogP contribution in [0.3, 0.4) is 0 Å². The lowest BCUT2D eigenvalue weighted by atomic mass is 9.78. The van der Waals surface area contributed by atoms with Crippen molar-refractivity contribution in [3.8, 4) is 27.9 Å². The van der Waals surface area contributed by atoms with E-state index in [1.54, 1.807) is 0 Å². The van der Waals surface area contributed by atoms with Crippen molar-refractivity contribution < 1.29 is 13.3 Å². The van der Waals surface area contributed by atoms with Gasteiger partial charge in [0.1, 0.15) is 33.5 Å². The molecule has 10 aromatic carbocycles. The lowest BCUT2D eigenvalue weighted by Gasteiger charge is -2.29. The first kappa shape index (κ1) is 43.4. The van der Waals surface area contributed by atoms with Gasteiger partial charge in [0, 0.05) is 60.9 Å². The minimum absolute atomic E-state index is 0.134. The van der Waals surface area contributed by atoms with Crippen LogP contribution in [0.4, 0.5) is 0 Å². The molecule has 0 saturated carbocycles. The Morgan fingerprint density at radius 2 is 1.03 bits per heavy atom. The highest BCUT2D eigenvalue weighted by atomic mass is 16.3. The van der Waals surface area contributed by atoms with Crippen molar-refractivity contribution in [1.29, 1.82) is 0 Å². The fourth-order valence-electron chi connectivity index (χ4n) is 12.7. The Morgan fingerprint density at radius 3 is 1.84 bits per heavy atom. The van der Waals surface area contributed by atoms with Gasteiger partial charge in [0.25, 0.3) is 0 Å². The largest absolute Gasteiger partial charge is 0.456 e. The third kappa shape index (κ3) is 7.02. The lowest BCUT2D eigenvalue weighted by Crippen LogP contribution is -2.16. The number of benzene rings is 10. The number of aliphatic imine (C=N–C) groups is 1. The highest BCUT2D eigenvalue weighted by molar-refractivity contribution is 6.16. The maximum atomic E-state index is 6.77. The van der Waals surface area contributed by atoms with E-state index in [0.29, 0.717) is 0 Å². The van der Waals surface area contributed by atoms with Crippen LogP contribution in [0.25, 0.3) is 121 Å². The third-order valence-corrected chi connectivity index (χ3v) is 16.1. The first-order valence-corrected chi connectivity index (χ1v) is 26.3. The standard InChI is InChI=1S/C70H50N2O3/c1-3-43-40-59(71-58(44-16-6-4-7-17-44)36-42(2)68(43)48-28-32-53-52-21-11-13-25-62(52)75-67(53)41-48)54-23-15-27-66-70(54)57-39-47(31-35-64(57)74-66)50-22-14-26-65-69(50)56-38-46(30-34-63(56)73-65)45-29-33-61-55(37-45)51-20-10-12-24-60(51)72(61)49-18-8-5-9-19-49/h4-35,37-39,41,43,59H,3,36,40H2,1-2H3/b68-42-,71-58+. The fraction of sp³-hybridized carbons (Fsp3) is 0.100. The molecule has 5 heteroatoms. The normalized spacial score (nSPS) is 17.2. The first-order valence-electron chi connectivity index (χ1n) is 26.3. The van der Waals surface area contributed by atoms with Gasteiger partial charge in [-0.1, -0.05) is 146 Å². The molecule has 0 saturated heterocycles. The van der Waals surface area contributed by atoms with E-state index in [0.717, 1.165) is 124 Å². The quantitative estimate of drug-likeness (QED) is 0.160. The van der Waals surface area contributed by atoms with Crippen molar-refractivity contribution in [2.24, 2.45) is 10.9 Å². The molecule has 0 bridgehead atoms. The SMILES string of the molecule is CCC1CC(c2cccc3oc4ccc(-c5cccc6oc7ccc(-c8ccc9c(c8)c8ccccc8n9-c8ccccc8)cc7c56)cc4c23)/N=C(/c2ccccc2)C/C(C)=C/1c1ccc2c(c1)oc1ccccc12. The molecule has 5 nitrogen and oxygen atoms in total. The van der Waals surface area contributed by atoms with Crippen LogP contribution in [0.2, 0.25) is 0 Å². The molecule has 14 aromatic rings. The Kier molecular flexibility index (Phi) is 9.96. The number of allylic oxidation sites excluding steroid dienone is 2. The van der Waals surface area contributed by atoms with Gasteiger partial charge in [-0.2, -0.15) is 0 Å². The van der Waals surface area contributed by atoms with E-state index < -0.39 is 0 Å². The van der Waals surface area contributed by atoms with Crippen LogP contribution < -0.4 is 0 Å². The molecule has 1 aliphatic heterocycles. The van der Waals surface area contributed by atoms with Gasteiger partial charge < -0.3 is 17.8 Å². The molecule has 0 N–H and O–H groups in total. The number of fused-ring (bicyclic) bond motifs is 12. The van der Waals surface area contributed by atoms with Crippen molar-refractivity contribution in [3.63, 3.8) is 0 Å². The molecule has 0 fully saturated rings. The molecule has 358 valence electrons. The molecule has 4 aromatic heterocycles. The summed E-state index contributed by atoms with van der Waals surface area (Å²) in [4.78, 5) is 5.81. The predicted octanol–water partition coefficient (Wildman–Crippen LogP) is 19.6. The van der Waals surface area contributed by atoms with Gasteiger partial charge in [0.2, 0.25) is 0 Å². The number of hydrogen-bond acceptors (Lipinski definition) is 4. The van der Waals surface area contributed by atoms with Crippen molar-refractivity contribution in [2.75, 3.05) is 0 Å². The zero-order valence-corrected chi connectivity index (χ0v) is 41.7. The van der Waals surface area contributed by atoms with Gasteiger partial charge in [-0.15, -0.1) is 0 Å². The van der Waals surface area contributed by atoms with E-state index in [4.69, 9.17) is 18.2 Å². The van der Waals surface area contributed by atoms with E-state index in [2.05, 4.69) is 231 Å². The number of para-hydroxylation sites is 3. The van der Waals surface area contributed by atoms with Gasteiger partial charge in [-0.25, -0.2) is 0 Å². The summed E-state index contributed by atoms with van der Waals surface area (Å²) in [6.07, 6.45) is 2.56. The Morgan fingerprint density at radius 1 is 0.440 bits per heavy atom. The van der Waals surface area contributed by atoms with Gasteiger partial charge in [0.15, 0.2) is 0 Å². The highest BCUT2D eigenvalue weighted by Gasteiger charge is 2.29. The number of nitrogens with zero attached hydrogens (tertiary/aromatic N) is 2. The summed E-state index contributed by atoms with van der Waals surface area (Å²) in [5, 5.41) is 9.14. The number of aromatic nitrogens is 1. The van der Waals surface area contributed by atoms with Crippen LogP contribution >= 0.6 is 0 Å². The molecule has 5 heterocycles. The van der Waals surface area contributed by atoms with Crippen LogP contribution in [-0.4, -0.2) is 10.3 Å². The maximum Gasteiger partial charge on any atom is 0.136 e. The molecule has 75 heavy (non-hydrogen) atoms. The number of rotatable bonds is 7. The monoisotopic (exact) mass is 966 g/mol. The van der Waals surface area contributed by atoms with E-state index in [1.807, 2.05) is 6.07 Å². The second-order valence-electron chi connectivity index (χ2n) is 20.4. The van der Waals surface area contributed by atoms with Crippen LogP contribution in [0, 0.1) is 5.92 Å². The summed E-state index contributed by atoms with van der Waals surface area (Å²) in [5.41, 5.74) is 20.7. The maximum absolute atomic E-state index is 6.77. The molecule has 0 aliphatic carbocycles. The highest BCUT2D eigenvalue weighted by Crippen LogP contribution is 2.47. The second-order valence-corrected chi connectivity index (χ2v) is 20.4. The summed E-state index contributed by atoms with van der Waals surface area (Å²) in [6, 6.07) is 78.3. The van der Waals surface area contributed by atoms with E-state index >= 15 is 0 Å². The average molecular weight is 967 g/mol. The van der Waals surface area contributed by atoms with Crippen LogP contribution in [0.15, 0.2) is 242 Å². The number of hydrogen-bond donors (Lipinski definition) is 0. The van der Waals surface area contributed by atoms with Gasteiger partial charge in [-0.3, -0.25) is 4.99 Å². The Balaban J connectivity index is 0.853.